The smallest absolute Gasteiger partial charge is 0.309 e. The van der Waals surface area contributed by atoms with Crippen LogP contribution in [-0.2, 0) is 19.1 Å². The van der Waals surface area contributed by atoms with Crippen molar-refractivity contribution in [3.8, 4) is 0 Å². The van der Waals surface area contributed by atoms with Gasteiger partial charge in [0.25, 0.3) is 0 Å². The Kier molecular flexibility index (Phi) is 7.11. The van der Waals surface area contributed by atoms with E-state index in [0.29, 0.717) is 23.7 Å². The average molecular weight is 557 g/mol. The van der Waals surface area contributed by atoms with Crippen LogP contribution in [0.1, 0.15) is 119 Å². The lowest BCUT2D eigenvalue weighted by Gasteiger charge is -2.72. The topological polar surface area (TPSA) is 101 Å². The number of allylic oxidation sites excluding steroid dienone is 1. The molecule has 0 amide bonds. The van der Waals surface area contributed by atoms with Gasteiger partial charge in [0.2, 0.25) is 0 Å². The lowest BCUT2D eigenvalue weighted by Crippen LogP contribution is -2.67. The standard InChI is InChI=1S/C34H52O6/c1-20(2)21-12-17-34(29(38)39)19-18-32(6)22(28(21)34)8-9-24-31(5)15-14-25(40-27(37)11-10-26(35)36)30(3,4)23(31)13-16-33(24,32)7/h21-25,28H,1,8-19H2,2-7H3,(H,35,36)(H,38,39)/t21-,22?,23?,24?,25-,28?,31-,32+,33+,34-/m0/s1. The van der Waals surface area contributed by atoms with Gasteiger partial charge < -0.3 is 14.9 Å². The molecular weight excluding hydrogens is 504 g/mol. The molecule has 6 heteroatoms. The van der Waals surface area contributed by atoms with Gasteiger partial charge in [-0.05, 0) is 117 Å². The lowest BCUT2D eigenvalue weighted by molar-refractivity contribution is -0.250. The van der Waals surface area contributed by atoms with Crippen molar-refractivity contribution in [2.24, 2.45) is 56.7 Å². The predicted molar refractivity (Wildman–Crippen MR) is 153 cm³/mol. The first-order valence-corrected chi connectivity index (χ1v) is 15.8. The maximum atomic E-state index is 12.9. The molecule has 0 aromatic heterocycles. The second-order valence-electron chi connectivity index (χ2n) is 15.9. The van der Waals surface area contributed by atoms with Crippen LogP contribution in [-0.4, -0.2) is 34.2 Å². The van der Waals surface area contributed by atoms with Gasteiger partial charge in [0.05, 0.1) is 18.3 Å². The Morgan fingerprint density at radius 3 is 2.12 bits per heavy atom. The van der Waals surface area contributed by atoms with Crippen LogP contribution >= 0.6 is 0 Å². The molecule has 5 aliphatic carbocycles. The molecule has 5 saturated carbocycles. The van der Waals surface area contributed by atoms with Crippen molar-refractivity contribution in [1.29, 1.82) is 0 Å². The van der Waals surface area contributed by atoms with E-state index in [9.17, 15) is 19.5 Å². The van der Waals surface area contributed by atoms with E-state index in [4.69, 9.17) is 9.84 Å². The van der Waals surface area contributed by atoms with E-state index in [-0.39, 0.29) is 46.5 Å². The summed E-state index contributed by atoms with van der Waals surface area (Å²) >= 11 is 0. The maximum absolute atomic E-state index is 12.9. The molecule has 4 unspecified atom stereocenters. The second kappa shape index (κ2) is 9.59. The normalized spacial score (nSPS) is 47.1. The Hall–Kier alpha value is -1.85. The molecule has 6 nitrogen and oxygen atoms in total. The summed E-state index contributed by atoms with van der Waals surface area (Å²) in [4.78, 5) is 36.4. The van der Waals surface area contributed by atoms with Crippen LogP contribution in [0, 0.1) is 56.7 Å². The number of aliphatic carboxylic acids is 2. The Balaban J connectivity index is 1.43. The molecule has 224 valence electrons. The summed E-state index contributed by atoms with van der Waals surface area (Å²) < 4.78 is 5.97. The zero-order valence-electron chi connectivity index (χ0n) is 25.7. The molecule has 0 aromatic rings. The fourth-order valence-corrected chi connectivity index (χ4v) is 12.1. The van der Waals surface area contributed by atoms with Crippen molar-refractivity contribution in [1.82, 2.24) is 0 Å². The molecule has 0 spiro atoms. The van der Waals surface area contributed by atoms with E-state index in [0.717, 1.165) is 64.2 Å². The fraction of sp³-hybridized carbons (Fsp3) is 0.853. The van der Waals surface area contributed by atoms with Crippen molar-refractivity contribution in [3.05, 3.63) is 12.2 Å². The molecule has 40 heavy (non-hydrogen) atoms. The molecule has 0 saturated heterocycles. The van der Waals surface area contributed by atoms with Crippen LogP contribution in [0.5, 0.6) is 0 Å². The number of esters is 1. The van der Waals surface area contributed by atoms with Crippen LogP contribution in [0.2, 0.25) is 0 Å². The average Bonchev–Trinajstić information content (AvgIpc) is 3.26. The van der Waals surface area contributed by atoms with Crippen LogP contribution in [0.25, 0.3) is 0 Å². The minimum absolute atomic E-state index is 0.0749. The Bertz CT molecular complexity index is 1090. The monoisotopic (exact) mass is 556 g/mol. The first-order chi connectivity index (χ1) is 18.5. The number of fused-ring (bicyclic) bond motifs is 7. The number of carbonyl (C=O) groups excluding carboxylic acids is 1. The third-order valence-corrected chi connectivity index (χ3v) is 14.2. The molecule has 0 aromatic carbocycles. The molecule has 10 atom stereocenters. The molecule has 0 bridgehead atoms. The number of hydrogen-bond acceptors (Lipinski definition) is 4. The van der Waals surface area contributed by atoms with Gasteiger partial charge in [-0.2, -0.15) is 0 Å². The van der Waals surface area contributed by atoms with E-state index in [2.05, 4.69) is 48.1 Å². The Morgan fingerprint density at radius 1 is 0.800 bits per heavy atom. The van der Waals surface area contributed by atoms with Crippen molar-refractivity contribution in [2.75, 3.05) is 0 Å². The molecule has 5 aliphatic rings. The number of carbonyl (C=O) groups is 3. The maximum Gasteiger partial charge on any atom is 0.309 e. The van der Waals surface area contributed by atoms with Gasteiger partial charge in [-0.1, -0.05) is 46.8 Å². The van der Waals surface area contributed by atoms with Crippen molar-refractivity contribution in [2.45, 2.75) is 125 Å². The summed E-state index contributed by atoms with van der Waals surface area (Å²) in [7, 11) is 0. The van der Waals surface area contributed by atoms with Gasteiger partial charge in [-0.25, -0.2) is 0 Å². The van der Waals surface area contributed by atoms with Gasteiger partial charge in [-0.3, -0.25) is 14.4 Å². The first-order valence-electron chi connectivity index (χ1n) is 15.8. The largest absolute Gasteiger partial charge is 0.481 e. The molecule has 5 rings (SSSR count). The molecule has 0 aliphatic heterocycles. The molecule has 5 fully saturated rings. The fourth-order valence-electron chi connectivity index (χ4n) is 12.1. The van der Waals surface area contributed by atoms with Crippen LogP contribution in [0.3, 0.4) is 0 Å². The van der Waals surface area contributed by atoms with Gasteiger partial charge in [0.1, 0.15) is 6.10 Å². The van der Waals surface area contributed by atoms with Crippen LogP contribution < -0.4 is 0 Å². The van der Waals surface area contributed by atoms with E-state index in [1.807, 2.05) is 0 Å². The number of rotatable bonds is 6. The summed E-state index contributed by atoms with van der Waals surface area (Å²) in [5, 5.41) is 19.6. The second-order valence-corrected chi connectivity index (χ2v) is 15.9. The SMILES string of the molecule is C=C(C)[C@@H]1CC[C@]2(C(=O)O)CC[C@]3(C)C(CCC4[C@@]5(C)CC[C@H](OC(=O)CCC(=O)O)C(C)(C)C5CC[C@]43C)C12. The third kappa shape index (κ3) is 3.96. The van der Waals surface area contributed by atoms with Crippen LogP contribution in [0.4, 0.5) is 0 Å². The summed E-state index contributed by atoms with van der Waals surface area (Å²) in [5.41, 5.74) is 0.734. The van der Waals surface area contributed by atoms with Crippen molar-refractivity contribution >= 4 is 17.9 Å². The van der Waals surface area contributed by atoms with Gasteiger partial charge >= 0.3 is 17.9 Å². The number of hydrogen-bond donors (Lipinski definition) is 2. The molecule has 0 radical (unpaired) electrons. The highest BCUT2D eigenvalue weighted by molar-refractivity contribution is 5.77. The summed E-state index contributed by atoms with van der Waals surface area (Å²) in [6, 6.07) is 0. The van der Waals surface area contributed by atoms with Crippen LogP contribution in [0.15, 0.2) is 12.2 Å². The third-order valence-electron chi connectivity index (χ3n) is 14.2. The summed E-state index contributed by atoms with van der Waals surface area (Å²) in [6.07, 6.45) is 9.33. The number of carboxylic acid groups (broad SMARTS) is 2. The van der Waals surface area contributed by atoms with E-state index < -0.39 is 23.3 Å². The summed E-state index contributed by atoms with van der Waals surface area (Å²) in [6.45, 7) is 18.6. The quantitative estimate of drug-likeness (QED) is 0.259. The first kappa shape index (κ1) is 29.6. The molecule has 0 heterocycles. The van der Waals surface area contributed by atoms with Crippen molar-refractivity contribution < 1.29 is 29.3 Å². The van der Waals surface area contributed by atoms with Gasteiger partial charge in [0, 0.05) is 5.41 Å². The Labute approximate surface area is 240 Å². The zero-order chi connectivity index (χ0) is 29.5. The highest BCUT2D eigenvalue weighted by Gasteiger charge is 2.72. The van der Waals surface area contributed by atoms with E-state index >= 15 is 0 Å². The summed E-state index contributed by atoms with van der Waals surface area (Å²) in [5.74, 6) is -0.0961. The van der Waals surface area contributed by atoms with Crippen molar-refractivity contribution in [3.63, 3.8) is 0 Å². The zero-order valence-corrected chi connectivity index (χ0v) is 25.7. The highest BCUT2D eigenvalue weighted by Crippen LogP contribution is 2.77. The minimum atomic E-state index is -0.974. The van der Waals surface area contributed by atoms with Gasteiger partial charge in [0.15, 0.2) is 0 Å². The molecule has 2 N–H and O–H groups in total. The van der Waals surface area contributed by atoms with Gasteiger partial charge in [-0.15, -0.1) is 0 Å². The lowest BCUT2D eigenvalue weighted by atomic mass is 9.32. The highest BCUT2D eigenvalue weighted by atomic mass is 16.5. The predicted octanol–water partition coefficient (Wildman–Crippen LogP) is 7.51. The minimum Gasteiger partial charge on any atom is -0.481 e. The number of ether oxygens (including phenoxy) is 1. The number of carboxylic acids is 2. The van der Waals surface area contributed by atoms with E-state index in [1.54, 1.807) is 0 Å². The Morgan fingerprint density at radius 2 is 1.50 bits per heavy atom. The van der Waals surface area contributed by atoms with E-state index in [1.165, 1.54) is 5.57 Å². The molecular formula is C34H52O6.